The second kappa shape index (κ2) is 4.66. The van der Waals surface area contributed by atoms with Crippen LogP contribution in [0.1, 0.15) is 16.1 Å². The second-order valence-corrected chi connectivity index (χ2v) is 4.54. The minimum atomic E-state index is -0.597. The van der Waals surface area contributed by atoms with Crippen molar-refractivity contribution in [3.8, 4) is 0 Å². The molecule has 0 saturated heterocycles. The Morgan fingerprint density at radius 3 is 2.76 bits per heavy atom. The van der Waals surface area contributed by atoms with Gasteiger partial charge in [-0.25, -0.2) is 14.2 Å². The number of hydrogen-bond acceptors (Lipinski definition) is 5. The summed E-state index contributed by atoms with van der Waals surface area (Å²) in [5, 5.41) is 0.211. The van der Waals surface area contributed by atoms with Crippen LogP contribution in [0.5, 0.6) is 0 Å². The van der Waals surface area contributed by atoms with E-state index >= 15 is 0 Å². The molecule has 106 valence electrons. The number of methoxy groups -OCH3 is 1. The molecule has 0 aliphatic heterocycles. The van der Waals surface area contributed by atoms with E-state index in [1.54, 1.807) is 6.92 Å². The van der Waals surface area contributed by atoms with Crippen LogP contribution in [-0.4, -0.2) is 18.1 Å². The third kappa shape index (κ3) is 2.05. The van der Waals surface area contributed by atoms with E-state index < -0.39 is 17.2 Å². The molecule has 0 N–H and O–H groups in total. The molecule has 0 bridgehead atoms. The van der Waals surface area contributed by atoms with Crippen LogP contribution in [-0.2, 0) is 4.74 Å². The monoisotopic (exact) mass is 287 g/mol. The lowest BCUT2D eigenvalue weighted by Crippen LogP contribution is -2.10. The molecule has 1 aromatic carbocycles. The topological polar surface area (TPSA) is 69.4 Å². The molecule has 0 atom stereocenters. The summed E-state index contributed by atoms with van der Waals surface area (Å²) in [5.41, 5.74) is 0.464. The van der Waals surface area contributed by atoms with E-state index in [2.05, 4.69) is 9.72 Å². The lowest BCUT2D eigenvalue weighted by atomic mass is 10.1. The molecular formula is C15H10FNO4. The Balaban J connectivity index is 2.44. The number of carbonyl (C=O) groups excluding carboxylic acids is 1. The minimum Gasteiger partial charge on any atom is -0.465 e. The van der Waals surface area contributed by atoms with Gasteiger partial charge in [-0.1, -0.05) is 0 Å². The highest BCUT2D eigenvalue weighted by Crippen LogP contribution is 2.20. The average Bonchev–Trinajstić information content (AvgIpc) is 2.47. The second-order valence-electron chi connectivity index (χ2n) is 4.54. The number of aromatic nitrogens is 1. The Bertz CT molecular complexity index is 946. The molecule has 5 nitrogen and oxygen atoms in total. The third-order valence-corrected chi connectivity index (χ3v) is 3.22. The van der Waals surface area contributed by atoms with Crippen LogP contribution >= 0.6 is 0 Å². The van der Waals surface area contributed by atoms with Crippen LogP contribution in [0.2, 0.25) is 0 Å². The van der Waals surface area contributed by atoms with E-state index in [0.29, 0.717) is 5.69 Å². The molecule has 0 saturated carbocycles. The molecule has 0 aliphatic rings. The van der Waals surface area contributed by atoms with Gasteiger partial charge < -0.3 is 9.15 Å². The van der Waals surface area contributed by atoms with Crippen molar-refractivity contribution in [2.75, 3.05) is 7.11 Å². The van der Waals surface area contributed by atoms with Crippen LogP contribution in [0.3, 0.4) is 0 Å². The van der Waals surface area contributed by atoms with E-state index in [4.69, 9.17) is 4.42 Å². The molecule has 2 aromatic heterocycles. The van der Waals surface area contributed by atoms with Crippen LogP contribution in [0.15, 0.2) is 33.5 Å². The molecule has 0 unspecified atom stereocenters. The third-order valence-electron chi connectivity index (χ3n) is 3.22. The first kappa shape index (κ1) is 13.2. The highest BCUT2D eigenvalue weighted by atomic mass is 19.1. The van der Waals surface area contributed by atoms with E-state index in [1.807, 2.05) is 0 Å². The number of esters is 1. The van der Waals surface area contributed by atoms with Crippen molar-refractivity contribution in [3.05, 3.63) is 51.6 Å². The number of ether oxygens (including phenoxy) is 1. The lowest BCUT2D eigenvalue weighted by Gasteiger charge is -2.06. The first-order valence-electron chi connectivity index (χ1n) is 6.13. The molecule has 0 amide bonds. The summed E-state index contributed by atoms with van der Waals surface area (Å²) in [4.78, 5) is 28.2. The Morgan fingerprint density at radius 1 is 1.29 bits per heavy atom. The van der Waals surface area contributed by atoms with Crippen molar-refractivity contribution in [2.24, 2.45) is 0 Å². The van der Waals surface area contributed by atoms with Gasteiger partial charge in [-0.3, -0.25) is 4.79 Å². The number of nitrogens with zero attached hydrogens (tertiary/aromatic N) is 1. The van der Waals surface area contributed by atoms with Crippen molar-refractivity contribution in [2.45, 2.75) is 6.92 Å². The number of hydrogen-bond donors (Lipinski definition) is 0. The molecule has 21 heavy (non-hydrogen) atoms. The number of rotatable bonds is 1. The number of pyridine rings is 1. The summed E-state index contributed by atoms with van der Waals surface area (Å²) in [6.07, 6.45) is 0. The molecule has 3 rings (SSSR count). The highest BCUT2D eigenvalue weighted by Gasteiger charge is 2.16. The van der Waals surface area contributed by atoms with E-state index in [-0.39, 0.29) is 27.6 Å². The number of aryl methyl sites for hydroxylation is 1. The normalized spacial score (nSPS) is 11.0. The van der Waals surface area contributed by atoms with Gasteiger partial charge in [-0.15, -0.1) is 0 Å². The van der Waals surface area contributed by atoms with Gasteiger partial charge in [0.1, 0.15) is 11.4 Å². The van der Waals surface area contributed by atoms with Crippen molar-refractivity contribution >= 4 is 28.0 Å². The van der Waals surface area contributed by atoms with Crippen molar-refractivity contribution in [1.29, 1.82) is 0 Å². The quantitative estimate of drug-likeness (QED) is 0.508. The predicted molar refractivity (Wildman–Crippen MR) is 73.8 cm³/mol. The fraction of sp³-hybridized carbons (Fsp3) is 0.133. The van der Waals surface area contributed by atoms with Crippen molar-refractivity contribution in [3.63, 3.8) is 0 Å². The Hall–Kier alpha value is -2.76. The van der Waals surface area contributed by atoms with Crippen LogP contribution < -0.4 is 5.43 Å². The molecular weight excluding hydrogens is 277 g/mol. The van der Waals surface area contributed by atoms with Crippen LogP contribution in [0.25, 0.3) is 22.1 Å². The zero-order chi connectivity index (χ0) is 15.1. The van der Waals surface area contributed by atoms with Gasteiger partial charge >= 0.3 is 5.97 Å². The smallest absolute Gasteiger partial charge is 0.339 e. The molecule has 3 aromatic rings. The van der Waals surface area contributed by atoms with Gasteiger partial charge in [-0.05, 0) is 31.2 Å². The van der Waals surface area contributed by atoms with E-state index in [0.717, 1.165) is 6.07 Å². The standard InChI is InChI=1S/C15H10FNO4/c1-7-9(15(19)20-2)6-11-13(18)10-5-8(16)3-4-12(10)21-14(11)17-7/h3-6H,1-2H3. The van der Waals surface area contributed by atoms with Crippen molar-refractivity contribution < 1.29 is 18.3 Å². The van der Waals surface area contributed by atoms with E-state index in [1.165, 1.54) is 25.3 Å². The zero-order valence-electron chi connectivity index (χ0n) is 11.3. The number of fused-ring (bicyclic) bond motifs is 2. The molecule has 6 heteroatoms. The Labute approximate surface area is 118 Å². The van der Waals surface area contributed by atoms with Crippen LogP contribution in [0, 0.1) is 12.7 Å². The maximum absolute atomic E-state index is 13.3. The average molecular weight is 287 g/mol. The fourth-order valence-electron chi connectivity index (χ4n) is 2.16. The maximum Gasteiger partial charge on any atom is 0.339 e. The van der Waals surface area contributed by atoms with Gasteiger partial charge in [0.15, 0.2) is 0 Å². The predicted octanol–water partition coefficient (Wildman–Crippen LogP) is 2.58. The fourth-order valence-corrected chi connectivity index (χ4v) is 2.16. The van der Waals surface area contributed by atoms with Gasteiger partial charge in [0.2, 0.25) is 11.1 Å². The molecule has 0 radical (unpaired) electrons. The Morgan fingerprint density at radius 2 is 2.05 bits per heavy atom. The maximum atomic E-state index is 13.3. The van der Waals surface area contributed by atoms with Gasteiger partial charge in [0.25, 0.3) is 0 Å². The first-order chi connectivity index (χ1) is 10.0. The number of benzene rings is 1. The largest absolute Gasteiger partial charge is 0.465 e. The zero-order valence-corrected chi connectivity index (χ0v) is 11.3. The molecule has 0 spiro atoms. The minimum absolute atomic E-state index is 0.101. The lowest BCUT2D eigenvalue weighted by molar-refractivity contribution is 0.0599. The van der Waals surface area contributed by atoms with Gasteiger partial charge in [-0.2, -0.15) is 0 Å². The molecule has 2 heterocycles. The number of carbonyl (C=O) groups is 1. The van der Waals surface area contributed by atoms with Crippen molar-refractivity contribution in [1.82, 2.24) is 4.98 Å². The first-order valence-corrected chi connectivity index (χ1v) is 6.13. The summed E-state index contributed by atoms with van der Waals surface area (Å²) >= 11 is 0. The van der Waals surface area contributed by atoms with Crippen LogP contribution in [0.4, 0.5) is 4.39 Å². The van der Waals surface area contributed by atoms with Gasteiger partial charge in [0.05, 0.1) is 29.1 Å². The van der Waals surface area contributed by atoms with Gasteiger partial charge in [0, 0.05) is 0 Å². The Kier molecular flexibility index (Phi) is 2.94. The highest BCUT2D eigenvalue weighted by molar-refractivity contribution is 5.96. The SMILES string of the molecule is COC(=O)c1cc2c(=O)c3cc(F)ccc3oc2nc1C. The molecule has 0 fully saturated rings. The number of halogens is 1. The summed E-state index contributed by atoms with van der Waals surface area (Å²) in [6, 6.07) is 5.03. The summed E-state index contributed by atoms with van der Waals surface area (Å²) in [7, 11) is 1.24. The van der Waals surface area contributed by atoms with E-state index in [9.17, 15) is 14.0 Å². The summed E-state index contributed by atoms with van der Waals surface area (Å²) < 4.78 is 23.4. The molecule has 0 aliphatic carbocycles. The summed E-state index contributed by atoms with van der Waals surface area (Å²) in [5.74, 6) is -1.14. The summed E-state index contributed by atoms with van der Waals surface area (Å²) in [6.45, 7) is 1.61.